The van der Waals surface area contributed by atoms with Crippen LogP contribution in [0.5, 0.6) is 5.75 Å². The normalized spacial score (nSPS) is 21.3. The molecule has 0 spiro atoms. The molecule has 53 heavy (non-hydrogen) atoms. The second-order valence-corrected chi connectivity index (χ2v) is 15.1. The molecule has 4 fully saturated rings. The number of aromatic hydroxyl groups is 1. The molecule has 4 aliphatic rings. The summed E-state index contributed by atoms with van der Waals surface area (Å²) in [7, 11) is 0. The second-order valence-electron chi connectivity index (χ2n) is 15.1. The Balaban J connectivity index is 0.853. The van der Waals surface area contributed by atoms with E-state index in [1.54, 1.807) is 30.5 Å². The molecule has 2 aromatic heterocycles. The Labute approximate surface area is 310 Å². The molecular formula is C42H51N5O6. The van der Waals surface area contributed by atoms with Crippen LogP contribution in [0.4, 0.5) is 0 Å². The van der Waals surface area contributed by atoms with Crippen molar-refractivity contribution < 1.29 is 24.5 Å². The predicted octanol–water partition coefficient (Wildman–Crippen LogP) is 5.04. The smallest absolute Gasteiger partial charge is 0.316 e. The number of carbonyl (C=O) groups excluding carboxylic acids is 2. The fourth-order valence-corrected chi connectivity index (χ4v) is 8.50. The lowest BCUT2D eigenvalue weighted by Crippen LogP contribution is -2.53. The number of aromatic amines is 1. The van der Waals surface area contributed by atoms with Crippen molar-refractivity contribution in [3.05, 3.63) is 105 Å². The standard InChI is InChI=1S/C42H51N5O6/c48-35-14-12-33(34-13-15-38(50)46-39(34)35)36(49)26-43-25-32-11-10-30(24-45-32)40(51)44-20-5-2-7-28-8-6-9-31(23-28)42(18-3-1-4-19-42)41(52)53-37-27-47-21-16-29(37)17-22-47/h6,8-15,23-24,29,36-37,43,48-49H,1-5,7,16-22,25-27H2,(H,44,51)(H,46,50)/t36-,37-/m0/s1. The van der Waals surface area contributed by atoms with Crippen molar-refractivity contribution in [1.29, 1.82) is 0 Å². The van der Waals surface area contributed by atoms with Gasteiger partial charge in [0.15, 0.2) is 0 Å². The van der Waals surface area contributed by atoms with Gasteiger partial charge in [-0.2, -0.15) is 0 Å². The number of aliphatic hydroxyl groups is 1. The van der Waals surface area contributed by atoms with Gasteiger partial charge in [-0.15, -0.1) is 0 Å². The van der Waals surface area contributed by atoms with E-state index in [4.69, 9.17) is 4.74 Å². The van der Waals surface area contributed by atoms with Crippen LogP contribution in [0.1, 0.15) is 96.6 Å². The van der Waals surface area contributed by atoms with E-state index in [9.17, 15) is 24.6 Å². The highest BCUT2D eigenvalue weighted by Gasteiger charge is 2.46. The van der Waals surface area contributed by atoms with Gasteiger partial charge >= 0.3 is 5.97 Å². The van der Waals surface area contributed by atoms with Crippen molar-refractivity contribution >= 4 is 22.8 Å². The number of pyridine rings is 2. The Morgan fingerprint density at radius 3 is 2.60 bits per heavy atom. The Morgan fingerprint density at radius 2 is 1.85 bits per heavy atom. The zero-order chi connectivity index (χ0) is 36.8. The number of amides is 1. The molecule has 11 nitrogen and oxygen atoms in total. The summed E-state index contributed by atoms with van der Waals surface area (Å²) >= 11 is 0. The van der Waals surface area contributed by atoms with Gasteiger partial charge < -0.3 is 30.6 Å². The van der Waals surface area contributed by atoms with E-state index in [1.807, 2.05) is 0 Å². The van der Waals surface area contributed by atoms with Gasteiger partial charge in [0, 0.05) is 43.8 Å². The number of aliphatic hydroxyl groups excluding tert-OH is 1. The molecule has 5 N–H and O–H groups in total. The first-order valence-corrected chi connectivity index (χ1v) is 19.3. The molecule has 2 atom stereocenters. The van der Waals surface area contributed by atoms with Gasteiger partial charge in [-0.3, -0.25) is 24.3 Å². The predicted molar refractivity (Wildman–Crippen MR) is 203 cm³/mol. The number of esters is 1. The van der Waals surface area contributed by atoms with Gasteiger partial charge in [-0.05, 0) is 105 Å². The van der Waals surface area contributed by atoms with Crippen LogP contribution in [0, 0.1) is 5.92 Å². The number of aryl methyl sites for hydroxylation is 1. The molecule has 3 saturated heterocycles. The van der Waals surface area contributed by atoms with Crippen LogP contribution >= 0.6 is 0 Å². The first-order valence-electron chi connectivity index (χ1n) is 19.3. The molecule has 1 amide bonds. The zero-order valence-corrected chi connectivity index (χ0v) is 30.3. The molecule has 3 aliphatic heterocycles. The molecule has 280 valence electrons. The van der Waals surface area contributed by atoms with E-state index < -0.39 is 11.5 Å². The molecule has 5 heterocycles. The molecule has 2 bridgehead atoms. The van der Waals surface area contributed by atoms with E-state index in [-0.39, 0.29) is 41.4 Å². The minimum Gasteiger partial charge on any atom is -0.506 e. The first kappa shape index (κ1) is 36.8. The summed E-state index contributed by atoms with van der Waals surface area (Å²) in [6, 6.07) is 18.1. The summed E-state index contributed by atoms with van der Waals surface area (Å²) in [4.78, 5) is 47.9. The maximum absolute atomic E-state index is 13.9. The fraction of sp³-hybridized carbons (Fsp3) is 0.476. The molecular weight excluding hydrogens is 670 g/mol. The molecule has 2 aromatic carbocycles. The maximum atomic E-state index is 13.9. The molecule has 1 aliphatic carbocycles. The Kier molecular flexibility index (Phi) is 11.5. The van der Waals surface area contributed by atoms with Crippen LogP contribution in [0.2, 0.25) is 0 Å². The van der Waals surface area contributed by atoms with Crippen molar-refractivity contribution in [2.24, 2.45) is 5.92 Å². The monoisotopic (exact) mass is 721 g/mol. The van der Waals surface area contributed by atoms with Crippen molar-refractivity contribution in [3.63, 3.8) is 0 Å². The highest BCUT2D eigenvalue weighted by Crippen LogP contribution is 2.42. The van der Waals surface area contributed by atoms with Crippen molar-refractivity contribution in [1.82, 2.24) is 25.5 Å². The van der Waals surface area contributed by atoms with E-state index in [0.29, 0.717) is 35.5 Å². The molecule has 0 radical (unpaired) electrons. The maximum Gasteiger partial charge on any atom is 0.316 e. The lowest BCUT2D eigenvalue weighted by Gasteiger charge is -2.45. The highest BCUT2D eigenvalue weighted by atomic mass is 16.5. The van der Waals surface area contributed by atoms with Crippen molar-refractivity contribution in [3.8, 4) is 5.75 Å². The Morgan fingerprint density at radius 1 is 1.02 bits per heavy atom. The summed E-state index contributed by atoms with van der Waals surface area (Å²) in [5, 5.41) is 27.7. The van der Waals surface area contributed by atoms with Crippen LogP contribution < -0.4 is 16.2 Å². The van der Waals surface area contributed by atoms with Gasteiger partial charge in [0.2, 0.25) is 5.56 Å². The summed E-state index contributed by atoms with van der Waals surface area (Å²) in [5.74, 6) is 0.248. The van der Waals surface area contributed by atoms with Crippen LogP contribution in [0.25, 0.3) is 10.9 Å². The number of fused-ring (bicyclic) bond motifs is 4. The van der Waals surface area contributed by atoms with E-state index in [0.717, 1.165) is 95.1 Å². The van der Waals surface area contributed by atoms with E-state index >= 15 is 0 Å². The summed E-state index contributed by atoms with van der Waals surface area (Å²) < 4.78 is 6.35. The lowest BCUT2D eigenvalue weighted by atomic mass is 9.69. The van der Waals surface area contributed by atoms with Gasteiger partial charge in [-0.1, -0.05) is 49.6 Å². The second kappa shape index (κ2) is 16.6. The number of phenols is 1. The largest absolute Gasteiger partial charge is 0.506 e. The minimum atomic E-state index is -0.880. The summed E-state index contributed by atoms with van der Waals surface area (Å²) in [5.41, 5.74) is 3.50. The van der Waals surface area contributed by atoms with Crippen molar-refractivity contribution in [2.75, 3.05) is 32.7 Å². The summed E-state index contributed by atoms with van der Waals surface area (Å²) in [6.45, 7) is 4.29. The molecule has 0 unspecified atom stereocenters. The number of H-pyrrole nitrogens is 1. The minimum absolute atomic E-state index is 0.0202. The van der Waals surface area contributed by atoms with Gasteiger partial charge in [0.1, 0.15) is 11.9 Å². The average molecular weight is 722 g/mol. The van der Waals surface area contributed by atoms with E-state index in [2.05, 4.69) is 49.8 Å². The highest BCUT2D eigenvalue weighted by molar-refractivity contribution is 5.93. The molecule has 1 saturated carbocycles. The number of ether oxygens (including phenoxy) is 1. The van der Waals surface area contributed by atoms with Crippen LogP contribution in [0.3, 0.4) is 0 Å². The fourth-order valence-electron chi connectivity index (χ4n) is 8.50. The average Bonchev–Trinajstić information content (AvgIpc) is 3.19. The number of rotatable bonds is 14. The topological polar surface area (TPSA) is 157 Å². The van der Waals surface area contributed by atoms with Crippen LogP contribution in [-0.4, -0.2) is 75.8 Å². The third kappa shape index (κ3) is 8.48. The number of nitrogens with zero attached hydrogens (tertiary/aromatic N) is 2. The van der Waals surface area contributed by atoms with Gasteiger partial charge in [0.25, 0.3) is 5.91 Å². The number of piperidine rings is 3. The third-order valence-electron chi connectivity index (χ3n) is 11.6. The number of hydrogen-bond donors (Lipinski definition) is 5. The third-order valence-corrected chi connectivity index (χ3v) is 11.6. The Bertz CT molecular complexity index is 1950. The zero-order valence-electron chi connectivity index (χ0n) is 30.3. The number of nitrogens with one attached hydrogen (secondary N) is 3. The number of carbonyl (C=O) groups is 2. The molecule has 4 aromatic rings. The van der Waals surface area contributed by atoms with Crippen LogP contribution in [-0.2, 0) is 27.9 Å². The number of unbranched alkanes of at least 4 members (excludes halogenated alkanes) is 1. The lowest BCUT2D eigenvalue weighted by molar-refractivity contribution is -0.167. The van der Waals surface area contributed by atoms with Crippen LogP contribution in [0.15, 0.2) is 71.7 Å². The quantitative estimate of drug-likeness (QED) is 0.0889. The van der Waals surface area contributed by atoms with Gasteiger partial charge in [0.05, 0.1) is 28.3 Å². The first-order chi connectivity index (χ1) is 25.8. The van der Waals surface area contributed by atoms with Gasteiger partial charge in [-0.25, -0.2) is 0 Å². The number of hydrogen-bond acceptors (Lipinski definition) is 9. The number of aromatic nitrogens is 2. The molecule has 11 heteroatoms. The number of phenolic OH excluding ortho intramolecular Hbond substituents is 1. The van der Waals surface area contributed by atoms with Crippen molar-refractivity contribution in [2.45, 2.75) is 88.4 Å². The Hall–Kier alpha value is -4.58. The SMILES string of the molecule is O=C(NCCCCc1cccc(C2(C(=O)O[C@H]3CN4CCC3CC4)CCCCC2)c1)c1ccc(CNC[C@H](O)c2ccc(O)c3[nH]c(=O)ccc23)nc1. The van der Waals surface area contributed by atoms with E-state index in [1.165, 1.54) is 17.7 Å². The molecule has 8 rings (SSSR count). The summed E-state index contributed by atoms with van der Waals surface area (Å²) in [6.07, 6.45) is 10.5. The number of benzene rings is 2.